The third-order valence-electron chi connectivity index (χ3n) is 4.67. The number of aromatic amines is 1. The molecule has 0 bridgehead atoms. The zero-order valence-corrected chi connectivity index (χ0v) is 14.3. The zero-order valence-electron chi connectivity index (χ0n) is 14.3. The molecule has 0 atom stereocenters. The van der Waals surface area contributed by atoms with Gasteiger partial charge in [-0.05, 0) is 53.1 Å². The van der Waals surface area contributed by atoms with Crippen molar-refractivity contribution in [2.75, 3.05) is 0 Å². The lowest BCUT2D eigenvalue weighted by atomic mass is 9.98. The third-order valence-corrected chi connectivity index (χ3v) is 4.67. The summed E-state index contributed by atoms with van der Waals surface area (Å²) < 4.78 is 0. The van der Waals surface area contributed by atoms with Crippen LogP contribution in [0.25, 0.3) is 44.2 Å². The molecule has 0 aliphatic carbocycles. The SMILES string of the molecule is O=c1cc[nH]c2ncc(-c3ccc4nccc(-c5ccncc5)c4c3)cc12. The Morgan fingerprint density at radius 3 is 2.48 bits per heavy atom. The molecule has 0 radical (unpaired) electrons. The summed E-state index contributed by atoms with van der Waals surface area (Å²) in [5.74, 6) is 0. The molecule has 0 saturated carbocycles. The Morgan fingerprint density at radius 1 is 0.741 bits per heavy atom. The van der Waals surface area contributed by atoms with Gasteiger partial charge in [0.15, 0.2) is 5.43 Å². The van der Waals surface area contributed by atoms with Gasteiger partial charge in [-0.2, -0.15) is 0 Å². The van der Waals surface area contributed by atoms with Crippen LogP contribution in [0.5, 0.6) is 0 Å². The second kappa shape index (κ2) is 6.14. The molecule has 0 saturated heterocycles. The Labute approximate surface area is 154 Å². The van der Waals surface area contributed by atoms with E-state index in [1.54, 1.807) is 24.8 Å². The van der Waals surface area contributed by atoms with Gasteiger partial charge >= 0.3 is 0 Å². The second-order valence-electron chi connectivity index (χ2n) is 6.29. The van der Waals surface area contributed by atoms with E-state index in [1.165, 1.54) is 6.07 Å². The van der Waals surface area contributed by atoms with E-state index >= 15 is 0 Å². The number of pyridine rings is 4. The van der Waals surface area contributed by atoms with Crippen molar-refractivity contribution in [3.05, 3.63) is 89.7 Å². The molecule has 0 fully saturated rings. The molecule has 0 amide bonds. The fraction of sp³-hybridized carbons (Fsp3) is 0. The van der Waals surface area contributed by atoms with Crippen LogP contribution >= 0.6 is 0 Å². The molecule has 0 aliphatic heterocycles. The van der Waals surface area contributed by atoms with Crippen molar-refractivity contribution in [2.24, 2.45) is 0 Å². The fourth-order valence-electron chi connectivity index (χ4n) is 3.32. The standard InChI is InChI=1S/C22H14N4O/c27-21-6-10-25-22-19(21)12-16(13-26-22)15-1-2-20-18(11-15)17(5-9-24-20)14-3-7-23-8-4-14/h1-13H,(H,25,26,27). The van der Waals surface area contributed by atoms with Gasteiger partial charge in [0, 0.05) is 48.0 Å². The number of fused-ring (bicyclic) bond motifs is 2. The van der Waals surface area contributed by atoms with Gasteiger partial charge in [0.05, 0.1) is 10.9 Å². The lowest BCUT2D eigenvalue weighted by Crippen LogP contribution is -2.01. The van der Waals surface area contributed by atoms with E-state index in [0.29, 0.717) is 11.0 Å². The Kier molecular flexibility index (Phi) is 3.50. The molecule has 0 spiro atoms. The first-order chi connectivity index (χ1) is 13.3. The maximum Gasteiger partial charge on any atom is 0.191 e. The number of nitrogens with zero attached hydrogens (tertiary/aromatic N) is 3. The predicted octanol–water partition coefficient (Wildman–Crippen LogP) is 4.20. The molecule has 4 aromatic heterocycles. The van der Waals surface area contributed by atoms with Crippen LogP contribution < -0.4 is 5.43 Å². The van der Waals surface area contributed by atoms with Crippen LogP contribution in [0.2, 0.25) is 0 Å². The number of nitrogens with one attached hydrogen (secondary N) is 1. The number of H-pyrrole nitrogens is 1. The minimum atomic E-state index is -0.0435. The quantitative estimate of drug-likeness (QED) is 0.518. The van der Waals surface area contributed by atoms with Crippen LogP contribution in [-0.2, 0) is 0 Å². The second-order valence-corrected chi connectivity index (χ2v) is 6.29. The molecule has 5 rings (SSSR count). The van der Waals surface area contributed by atoms with Crippen LogP contribution in [0, 0.1) is 0 Å². The van der Waals surface area contributed by atoms with Gasteiger partial charge in [0.1, 0.15) is 5.65 Å². The zero-order chi connectivity index (χ0) is 18.2. The predicted molar refractivity (Wildman–Crippen MR) is 106 cm³/mol. The van der Waals surface area contributed by atoms with Crippen molar-refractivity contribution in [3.63, 3.8) is 0 Å². The van der Waals surface area contributed by atoms with Crippen LogP contribution in [0.4, 0.5) is 0 Å². The van der Waals surface area contributed by atoms with Gasteiger partial charge in [-0.3, -0.25) is 14.8 Å². The Bertz CT molecular complexity index is 1340. The molecule has 5 nitrogen and oxygen atoms in total. The average molecular weight is 350 g/mol. The highest BCUT2D eigenvalue weighted by molar-refractivity contribution is 5.97. The molecule has 0 aliphatic rings. The molecule has 0 unspecified atom stereocenters. The first-order valence-corrected chi connectivity index (χ1v) is 8.56. The Balaban J connectivity index is 1.73. The molecule has 4 heterocycles. The summed E-state index contributed by atoms with van der Waals surface area (Å²) in [5.41, 5.74) is 5.52. The third kappa shape index (κ3) is 2.66. The minimum Gasteiger partial charge on any atom is -0.346 e. The van der Waals surface area contributed by atoms with Gasteiger partial charge in [-0.25, -0.2) is 4.98 Å². The maximum absolute atomic E-state index is 12.1. The monoisotopic (exact) mass is 350 g/mol. The van der Waals surface area contributed by atoms with Crippen molar-refractivity contribution in [1.29, 1.82) is 0 Å². The number of rotatable bonds is 2. The summed E-state index contributed by atoms with van der Waals surface area (Å²) in [6.45, 7) is 0. The molecule has 1 aromatic carbocycles. The summed E-state index contributed by atoms with van der Waals surface area (Å²) in [6.07, 6.45) is 8.77. The molecule has 1 N–H and O–H groups in total. The molecule has 5 heteroatoms. The number of aromatic nitrogens is 4. The van der Waals surface area contributed by atoms with Gasteiger partial charge in [-0.1, -0.05) is 6.07 Å². The Morgan fingerprint density at radius 2 is 1.59 bits per heavy atom. The molecule has 27 heavy (non-hydrogen) atoms. The van der Waals surface area contributed by atoms with E-state index < -0.39 is 0 Å². The van der Waals surface area contributed by atoms with Crippen LogP contribution in [0.3, 0.4) is 0 Å². The Hall–Kier alpha value is -3.86. The molecule has 128 valence electrons. The summed E-state index contributed by atoms with van der Waals surface area (Å²) in [5, 5.41) is 1.62. The summed E-state index contributed by atoms with van der Waals surface area (Å²) in [4.78, 5) is 28.1. The summed E-state index contributed by atoms with van der Waals surface area (Å²) in [7, 11) is 0. The highest BCUT2D eigenvalue weighted by atomic mass is 16.1. The number of benzene rings is 1. The van der Waals surface area contributed by atoms with E-state index in [1.807, 2.05) is 42.6 Å². The van der Waals surface area contributed by atoms with Crippen molar-refractivity contribution >= 4 is 21.9 Å². The van der Waals surface area contributed by atoms with E-state index in [4.69, 9.17) is 0 Å². The number of hydrogen-bond donors (Lipinski definition) is 1. The van der Waals surface area contributed by atoms with Gasteiger partial charge in [-0.15, -0.1) is 0 Å². The van der Waals surface area contributed by atoms with Crippen LogP contribution in [0.1, 0.15) is 0 Å². The fourth-order valence-corrected chi connectivity index (χ4v) is 3.32. The highest BCUT2D eigenvalue weighted by Crippen LogP contribution is 2.31. The van der Waals surface area contributed by atoms with E-state index in [9.17, 15) is 4.79 Å². The average Bonchev–Trinajstić information content (AvgIpc) is 2.74. The normalized spacial score (nSPS) is 11.1. The number of hydrogen-bond acceptors (Lipinski definition) is 4. The lowest BCUT2D eigenvalue weighted by molar-refractivity contribution is 1.28. The largest absolute Gasteiger partial charge is 0.346 e. The molecule has 5 aromatic rings. The minimum absolute atomic E-state index is 0.0435. The van der Waals surface area contributed by atoms with Gasteiger partial charge < -0.3 is 4.98 Å². The summed E-state index contributed by atoms with van der Waals surface area (Å²) >= 11 is 0. The topological polar surface area (TPSA) is 71.5 Å². The van der Waals surface area contributed by atoms with Crippen LogP contribution in [0.15, 0.2) is 84.3 Å². The highest BCUT2D eigenvalue weighted by Gasteiger charge is 2.08. The van der Waals surface area contributed by atoms with Gasteiger partial charge in [0.2, 0.25) is 0 Å². The van der Waals surface area contributed by atoms with Gasteiger partial charge in [0.25, 0.3) is 0 Å². The smallest absolute Gasteiger partial charge is 0.191 e. The molecular weight excluding hydrogens is 336 g/mol. The van der Waals surface area contributed by atoms with Crippen molar-refractivity contribution in [1.82, 2.24) is 19.9 Å². The molecular formula is C22H14N4O. The first kappa shape index (κ1) is 15.4. The maximum atomic E-state index is 12.1. The van der Waals surface area contributed by atoms with Crippen molar-refractivity contribution in [2.45, 2.75) is 0 Å². The van der Waals surface area contributed by atoms with E-state index in [2.05, 4.69) is 26.0 Å². The first-order valence-electron chi connectivity index (χ1n) is 8.56. The van der Waals surface area contributed by atoms with E-state index in [0.717, 1.165) is 33.2 Å². The van der Waals surface area contributed by atoms with Crippen molar-refractivity contribution in [3.8, 4) is 22.3 Å². The summed E-state index contributed by atoms with van der Waals surface area (Å²) in [6, 6.07) is 15.5. The van der Waals surface area contributed by atoms with Crippen LogP contribution in [-0.4, -0.2) is 19.9 Å². The lowest BCUT2D eigenvalue weighted by Gasteiger charge is -2.09. The van der Waals surface area contributed by atoms with Crippen molar-refractivity contribution < 1.29 is 0 Å². The van der Waals surface area contributed by atoms with E-state index in [-0.39, 0.29) is 5.43 Å².